The Kier molecular flexibility index (Phi) is 7.99. The second-order valence-electron chi connectivity index (χ2n) is 12.1. The summed E-state index contributed by atoms with van der Waals surface area (Å²) in [5.41, 5.74) is -2.01. The molecule has 0 aromatic rings. The lowest BCUT2D eigenvalue weighted by Crippen LogP contribution is -2.63. The lowest BCUT2D eigenvalue weighted by molar-refractivity contribution is -0.217. The summed E-state index contributed by atoms with van der Waals surface area (Å²) in [6.45, 7) is 10.7. The predicted octanol–water partition coefficient (Wildman–Crippen LogP) is 4.41. The maximum Gasteiger partial charge on any atom is 0.331 e. The molecule has 212 valence electrons. The normalized spacial score (nSPS) is 38.6. The van der Waals surface area contributed by atoms with Gasteiger partial charge in [-0.3, -0.25) is 9.59 Å². The van der Waals surface area contributed by atoms with Gasteiger partial charge in [-0.15, -0.1) is 0 Å². The molecule has 7 heteroatoms. The second-order valence-corrected chi connectivity index (χ2v) is 12.1. The Morgan fingerprint density at radius 3 is 2.46 bits per heavy atom. The first kappa shape index (κ1) is 29.2. The smallest absolute Gasteiger partial charge is 0.331 e. The van der Waals surface area contributed by atoms with E-state index in [1.54, 1.807) is 19.1 Å². The van der Waals surface area contributed by atoms with Crippen molar-refractivity contribution < 1.29 is 34.1 Å². The number of aliphatic hydroxyl groups excluding tert-OH is 1. The highest BCUT2D eigenvalue weighted by Gasteiger charge is 2.87. The van der Waals surface area contributed by atoms with Gasteiger partial charge in [0.2, 0.25) is 0 Å². The molecule has 0 amide bonds. The summed E-state index contributed by atoms with van der Waals surface area (Å²) in [5, 5.41) is 22.8. The average Bonchev–Trinajstić information content (AvgIpc) is 3.27. The van der Waals surface area contributed by atoms with Gasteiger partial charge in [-0.2, -0.15) is 0 Å². The number of ether oxygens (including phenoxy) is 2. The van der Waals surface area contributed by atoms with Crippen LogP contribution in [-0.2, 0) is 23.9 Å². The van der Waals surface area contributed by atoms with Crippen LogP contribution in [0, 0.1) is 35.0 Å². The van der Waals surface area contributed by atoms with Crippen molar-refractivity contribution in [2.75, 3.05) is 6.61 Å². The van der Waals surface area contributed by atoms with Gasteiger partial charge in [-0.25, -0.2) is 4.79 Å². The van der Waals surface area contributed by atoms with Gasteiger partial charge < -0.3 is 19.7 Å². The molecule has 2 N–H and O–H groups in total. The van der Waals surface area contributed by atoms with Crippen LogP contribution in [0.5, 0.6) is 0 Å². The van der Waals surface area contributed by atoms with Crippen LogP contribution in [0.4, 0.5) is 0 Å². The van der Waals surface area contributed by atoms with E-state index in [2.05, 4.69) is 6.92 Å². The van der Waals surface area contributed by atoms with E-state index in [0.717, 1.165) is 12.8 Å². The predicted molar refractivity (Wildman–Crippen MR) is 147 cm³/mol. The number of esters is 2. The first-order valence-corrected chi connectivity index (χ1v) is 14.0. The summed E-state index contributed by atoms with van der Waals surface area (Å²) < 4.78 is 12.1. The number of aliphatic hydroxyl groups is 2. The van der Waals surface area contributed by atoms with E-state index in [1.165, 1.54) is 13.0 Å². The Bertz CT molecular complexity index is 1170. The van der Waals surface area contributed by atoms with Crippen LogP contribution < -0.4 is 0 Å². The van der Waals surface area contributed by atoms with Gasteiger partial charge in [0.05, 0.1) is 12.2 Å². The monoisotopic (exact) mass is 538 g/mol. The van der Waals surface area contributed by atoms with Crippen LogP contribution in [0.25, 0.3) is 0 Å². The van der Waals surface area contributed by atoms with Crippen molar-refractivity contribution in [2.24, 2.45) is 35.0 Å². The molecule has 0 bridgehead atoms. The van der Waals surface area contributed by atoms with Crippen molar-refractivity contribution in [1.82, 2.24) is 0 Å². The summed E-state index contributed by atoms with van der Waals surface area (Å²) in [6, 6.07) is 0. The standard InChI is InChI=1S/C32H42O7/c1-7-8-9-10-11-12-13-14-26(35)39-32-28(30(32,5)6)25-17-22(18-33)16-23-24(15-19(2)27(23)36)31(25,37)20(3)29(32)38-21(4)34/h9-15,17,20,23-25,28-29,33,37H,7-8,16,18H2,1-6H3/b10-9+,12-11+,14-13-/t20-,23+,24-,25+,28-,29-,31-,32-/m1/s1. The highest BCUT2D eigenvalue weighted by atomic mass is 16.6. The first-order chi connectivity index (χ1) is 18.4. The molecule has 0 aromatic carbocycles. The third-order valence-corrected chi connectivity index (χ3v) is 9.60. The summed E-state index contributed by atoms with van der Waals surface area (Å²) in [7, 11) is 0. The SMILES string of the molecule is CCC/C=C/C=C/C=C\C(=O)O[C@@]12[C@H](OC(C)=O)[C@@H](C)[C@@]3(O)[C@@H]4C=C(C)C(=O)[C@H]4CC(CO)=C[C@H]3[C@@H]1C2(C)C. The van der Waals surface area contributed by atoms with Crippen molar-refractivity contribution in [3.63, 3.8) is 0 Å². The lowest BCUT2D eigenvalue weighted by atomic mass is 9.60. The number of ketones is 1. The number of unbranched alkanes of at least 4 members (excludes halogenated alkanes) is 1. The maximum atomic E-state index is 13.1. The topological polar surface area (TPSA) is 110 Å². The van der Waals surface area contributed by atoms with E-state index in [-0.39, 0.29) is 12.4 Å². The zero-order valence-corrected chi connectivity index (χ0v) is 23.8. The molecule has 7 nitrogen and oxygen atoms in total. The fourth-order valence-corrected chi connectivity index (χ4v) is 7.74. The molecule has 4 aliphatic carbocycles. The molecule has 4 rings (SSSR count). The molecule has 0 spiro atoms. The van der Waals surface area contributed by atoms with Crippen LogP contribution >= 0.6 is 0 Å². The number of carbonyl (C=O) groups is 3. The Morgan fingerprint density at radius 1 is 1.13 bits per heavy atom. The summed E-state index contributed by atoms with van der Waals surface area (Å²) in [5.74, 6) is -3.74. The number of rotatable bonds is 8. The third kappa shape index (κ3) is 4.57. The average molecular weight is 539 g/mol. The molecule has 0 radical (unpaired) electrons. The van der Waals surface area contributed by atoms with E-state index in [9.17, 15) is 24.6 Å². The molecule has 2 fully saturated rings. The zero-order valence-electron chi connectivity index (χ0n) is 23.8. The summed E-state index contributed by atoms with van der Waals surface area (Å²) in [4.78, 5) is 38.6. The molecule has 0 aliphatic heterocycles. The van der Waals surface area contributed by atoms with E-state index in [1.807, 2.05) is 51.2 Å². The molecule has 2 saturated carbocycles. The van der Waals surface area contributed by atoms with E-state index >= 15 is 0 Å². The summed E-state index contributed by atoms with van der Waals surface area (Å²) in [6.07, 6.45) is 15.7. The van der Waals surface area contributed by atoms with Gasteiger partial charge in [-0.05, 0) is 30.9 Å². The fourth-order valence-electron chi connectivity index (χ4n) is 7.74. The Labute approximate surface area is 231 Å². The molecule has 0 aromatic heterocycles. The largest absolute Gasteiger partial charge is 0.458 e. The maximum absolute atomic E-state index is 13.1. The number of hydrogen-bond donors (Lipinski definition) is 2. The number of carbonyl (C=O) groups excluding carboxylic acids is 3. The van der Waals surface area contributed by atoms with Crippen molar-refractivity contribution in [1.29, 1.82) is 0 Å². The van der Waals surface area contributed by atoms with Crippen LogP contribution in [-0.4, -0.2) is 51.8 Å². The zero-order chi connectivity index (χ0) is 28.8. The van der Waals surface area contributed by atoms with E-state index in [0.29, 0.717) is 17.6 Å². The van der Waals surface area contributed by atoms with Gasteiger partial charge in [0.25, 0.3) is 0 Å². The van der Waals surface area contributed by atoms with Gasteiger partial charge in [0.15, 0.2) is 11.4 Å². The number of allylic oxidation sites excluding steroid dienone is 6. The lowest BCUT2D eigenvalue weighted by Gasteiger charge is -2.52. The third-order valence-electron chi connectivity index (χ3n) is 9.60. The molecule has 0 heterocycles. The van der Waals surface area contributed by atoms with Crippen molar-refractivity contribution >= 4 is 17.7 Å². The van der Waals surface area contributed by atoms with Crippen LogP contribution in [0.15, 0.2) is 59.8 Å². The van der Waals surface area contributed by atoms with E-state index < -0.39 is 64.2 Å². The highest BCUT2D eigenvalue weighted by Crippen LogP contribution is 2.76. The Morgan fingerprint density at radius 2 is 1.82 bits per heavy atom. The van der Waals surface area contributed by atoms with Crippen LogP contribution in [0.1, 0.15) is 60.8 Å². The number of fused-ring (bicyclic) bond motifs is 5. The number of hydrogen-bond acceptors (Lipinski definition) is 7. The molecule has 0 saturated heterocycles. The minimum atomic E-state index is -1.45. The Hall–Kier alpha value is -2.77. The van der Waals surface area contributed by atoms with Gasteiger partial charge in [-0.1, -0.05) is 76.6 Å². The number of Topliss-reactive ketones (excluding diaryl/α,β-unsaturated/α-hetero) is 1. The van der Waals surface area contributed by atoms with Crippen molar-refractivity contribution in [3.05, 3.63) is 59.8 Å². The molecule has 4 aliphatic rings. The van der Waals surface area contributed by atoms with Crippen LogP contribution in [0.3, 0.4) is 0 Å². The molecule has 39 heavy (non-hydrogen) atoms. The molecule has 8 atom stereocenters. The highest BCUT2D eigenvalue weighted by molar-refractivity contribution is 6.00. The summed E-state index contributed by atoms with van der Waals surface area (Å²) >= 11 is 0. The molecular weight excluding hydrogens is 496 g/mol. The van der Waals surface area contributed by atoms with Crippen molar-refractivity contribution in [2.45, 2.75) is 78.1 Å². The molecule has 0 unspecified atom stereocenters. The quantitative estimate of drug-likeness (QED) is 0.204. The minimum absolute atomic E-state index is 0.0364. The first-order valence-electron chi connectivity index (χ1n) is 14.0. The fraction of sp³-hybridized carbons (Fsp3) is 0.594. The van der Waals surface area contributed by atoms with Crippen LogP contribution in [0.2, 0.25) is 0 Å². The molecular formula is C32H42O7. The van der Waals surface area contributed by atoms with E-state index in [4.69, 9.17) is 9.47 Å². The Balaban J connectivity index is 1.74. The minimum Gasteiger partial charge on any atom is -0.458 e. The van der Waals surface area contributed by atoms with Crippen molar-refractivity contribution in [3.8, 4) is 0 Å². The second kappa shape index (κ2) is 10.7. The van der Waals surface area contributed by atoms with Gasteiger partial charge in [0.1, 0.15) is 6.10 Å². The van der Waals surface area contributed by atoms with Gasteiger partial charge >= 0.3 is 11.9 Å². The van der Waals surface area contributed by atoms with Gasteiger partial charge in [0, 0.05) is 48.0 Å².